The average molecular weight is 304 g/mol. The molecular weight excluding hydrogens is 280 g/mol. The number of nitrogens with zero attached hydrogens (tertiary/aromatic N) is 2. The molecule has 0 aromatic carbocycles. The zero-order valence-corrected chi connectivity index (χ0v) is 13.0. The topological polar surface area (TPSA) is 77.9 Å². The highest BCUT2D eigenvalue weighted by atomic mass is 32.2. The van der Waals surface area contributed by atoms with E-state index in [9.17, 15) is 18.3 Å². The maximum absolute atomic E-state index is 12.4. The number of carbonyl (C=O) groups excluding carboxylic acids is 1. The van der Waals surface area contributed by atoms with Crippen LogP contribution in [0.4, 0.5) is 0 Å². The summed E-state index contributed by atoms with van der Waals surface area (Å²) in [5.74, 6) is -0.157. The van der Waals surface area contributed by atoms with Gasteiger partial charge in [0.15, 0.2) is 0 Å². The van der Waals surface area contributed by atoms with Gasteiger partial charge >= 0.3 is 0 Å². The van der Waals surface area contributed by atoms with Crippen LogP contribution in [0.3, 0.4) is 0 Å². The summed E-state index contributed by atoms with van der Waals surface area (Å²) >= 11 is 0. The minimum Gasteiger partial charge on any atom is -0.386 e. The number of piperidine rings is 1. The molecule has 2 heterocycles. The number of carbonyl (C=O) groups is 1. The molecule has 1 amide bonds. The summed E-state index contributed by atoms with van der Waals surface area (Å²) in [7, 11) is -3.35. The lowest BCUT2D eigenvalue weighted by Crippen LogP contribution is -2.66. The molecule has 1 atom stereocenters. The number of hydrogen-bond acceptors (Lipinski definition) is 4. The second-order valence-corrected chi connectivity index (χ2v) is 7.99. The standard InChI is InChI=1S/C13H24N2O4S/c1-3-7-13(17)9-14(10-13)12(16)11-6-4-5-8-15(11)20(2,18)19/h11,17H,3-10H2,1-2H3. The molecule has 0 bridgehead atoms. The van der Waals surface area contributed by atoms with Gasteiger partial charge in [-0.1, -0.05) is 19.8 Å². The monoisotopic (exact) mass is 304 g/mol. The molecule has 0 aliphatic carbocycles. The van der Waals surface area contributed by atoms with Crippen LogP contribution in [0.15, 0.2) is 0 Å². The van der Waals surface area contributed by atoms with Gasteiger partial charge in [0.1, 0.15) is 6.04 Å². The number of amides is 1. The fraction of sp³-hybridized carbons (Fsp3) is 0.923. The molecule has 0 radical (unpaired) electrons. The second kappa shape index (κ2) is 5.61. The summed E-state index contributed by atoms with van der Waals surface area (Å²) in [6, 6.07) is -0.579. The van der Waals surface area contributed by atoms with Crippen molar-refractivity contribution in [3.05, 3.63) is 0 Å². The second-order valence-electron chi connectivity index (χ2n) is 6.05. The van der Waals surface area contributed by atoms with Gasteiger partial charge in [0.25, 0.3) is 0 Å². The Hall–Kier alpha value is -0.660. The SMILES string of the molecule is CCCC1(O)CN(C(=O)C2CCCCN2S(C)(=O)=O)C1. The lowest BCUT2D eigenvalue weighted by atomic mass is 9.88. The molecule has 2 saturated heterocycles. The van der Waals surface area contributed by atoms with Crippen molar-refractivity contribution in [2.45, 2.75) is 50.7 Å². The van der Waals surface area contributed by atoms with Crippen LogP contribution in [0.2, 0.25) is 0 Å². The van der Waals surface area contributed by atoms with Crippen LogP contribution >= 0.6 is 0 Å². The lowest BCUT2D eigenvalue weighted by Gasteiger charge is -2.48. The third-order valence-electron chi connectivity index (χ3n) is 4.16. The normalized spacial score (nSPS) is 27.1. The van der Waals surface area contributed by atoms with Gasteiger partial charge in [0.2, 0.25) is 15.9 Å². The van der Waals surface area contributed by atoms with Crippen LogP contribution in [0, 0.1) is 0 Å². The Morgan fingerprint density at radius 2 is 2.00 bits per heavy atom. The van der Waals surface area contributed by atoms with Crippen LogP contribution in [0.1, 0.15) is 39.0 Å². The summed E-state index contributed by atoms with van der Waals surface area (Å²) in [6.45, 7) is 3.07. The smallest absolute Gasteiger partial charge is 0.241 e. The van der Waals surface area contributed by atoms with Gasteiger partial charge in [-0.15, -0.1) is 0 Å². The molecule has 7 heteroatoms. The van der Waals surface area contributed by atoms with E-state index in [2.05, 4.69) is 0 Å². The zero-order valence-electron chi connectivity index (χ0n) is 12.2. The minimum atomic E-state index is -3.35. The molecule has 0 saturated carbocycles. The third kappa shape index (κ3) is 3.15. The van der Waals surface area contributed by atoms with Crippen LogP contribution in [0.25, 0.3) is 0 Å². The third-order valence-corrected chi connectivity index (χ3v) is 5.45. The molecule has 116 valence electrons. The van der Waals surface area contributed by atoms with Gasteiger partial charge in [-0.05, 0) is 19.3 Å². The van der Waals surface area contributed by atoms with E-state index in [1.807, 2.05) is 6.92 Å². The molecule has 2 fully saturated rings. The van der Waals surface area contributed by atoms with E-state index < -0.39 is 21.7 Å². The van der Waals surface area contributed by atoms with Gasteiger partial charge in [0.05, 0.1) is 24.9 Å². The van der Waals surface area contributed by atoms with Gasteiger partial charge in [-0.2, -0.15) is 4.31 Å². The van der Waals surface area contributed by atoms with Crippen molar-refractivity contribution in [3.63, 3.8) is 0 Å². The molecule has 1 unspecified atom stereocenters. The zero-order chi connectivity index (χ0) is 15.0. The molecule has 0 spiro atoms. The van der Waals surface area contributed by atoms with E-state index in [0.717, 1.165) is 25.5 Å². The Balaban J connectivity index is 2.02. The van der Waals surface area contributed by atoms with Crippen molar-refractivity contribution in [1.29, 1.82) is 0 Å². The summed E-state index contributed by atoms with van der Waals surface area (Å²) in [4.78, 5) is 14.0. The van der Waals surface area contributed by atoms with E-state index in [1.165, 1.54) is 4.31 Å². The van der Waals surface area contributed by atoms with Gasteiger partial charge in [-0.3, -0.25) is 4.79 Å². The Labute approximate surface area is 120 Å². The molecular formula is C13H24N2O4S. The number of sulfonamides is 1. The maximum Gasteiger partial charge on any atom is 0.241 e. The van der Waals surface area contributed by atoms with Crippen molar-refractivity contribution >= 4 is 15.9 Å². The van der Waals surface area contributed by atoms with E-state index >= 15 is 0 Å². The Kier molecular flexibility index (Phi) is 4.41. The van der Waals surface area contributed by atoms with E-state index in [-0.39, 0.29) is 5.91 Å². The molecule has 6 nitrogen and oxygen atoms in total. The molecule has 1 N–H and O–H groups in total. The van der Waals surface area contributed by atoms with Gasteiger partial charge in [0, 0.05) is 6.54 Å². The summed E-state index contributed by atoms with van der Waals surface area (Å²) in [6.07, 6.45) is 4.96. The predicted octanol–water partition coefficient (Wildman–Crippen LogP) is 0.174. The minimum absolute atomic E-state index is 0.157. The highest BCUT2D eigenvalue weighted by Gasteiger charge is 2.46. The summed E-state index contributed by atoms with van der Waals surface area (Å²) < 4.78 is 24.8. The Bertz CT molecular complexity index is 471. The van der Waals surface area contributed by atoms with Gasteiger partial charge in [-0.25, -0.2) is 8.42 Å². The largest absolute Gasteiger partial charge is 0.386 e. The molecule has 2 rings (SSSR count). The van der Waals surface area contributed by atoms with E-state index in [1.54, 1.807) is 4.90 Å². The average Bonchev–Trinajstić information content (AvgIpc) is 2.34. The van der Waals surface area contributed by atoms with Gasteiger partial charge < -0.3 is 10.0 Å². The molecule has 0 aromatic heterocycles. The van der Waals surface area contributed by atoms with Crippen LogP contribution in [-0.2, 0) is 14.8 Å². The quantitative estimate of drug-likeness (QED) is 0.803. The van der Waals surface area contributed by atoms with Crippen molar-refractivity contribution < 1.29 is 18.3 Å². The first-order valence-electron chi connectivity index (χ1n) is 7.25. The Morgan fingerprint density at radius 3 is 2.55 bits per heavy atom. The fourth-order valence-corrected chi connectivity index (χ4v) is 4.32. The number of β-amino-alcohol motifs (C(OH)–C–C–N with tert-alkyl or cyclic N) is 1. The maximum atomic E-state index is 12.4. The fourth-order valence-electron chi connectivity index (χ4n) is 3.20. The number of aliphatic hydroxyl groups is 1. The summed E-state index contributed by atoms with van der Waals surface area (Å²) in [5, 5.41) is 10.1. The number of hydrogen-bond donors (Lipinski definition) is 1. The number of likely N-dealkylation sites (tertiary alicyclic amines) is 1. The van der Waals surface area contributed by atoms with Crippen LogP contribution in [0.5, 0.6) is 0 Å². The van der Waals surface area contributed by atoms with Crippen molar-refractivity contribution in [2.24, 2.45) is 0 Å². The van der Waals surface area contributed by atoms with Crippen LogP contribution < -0.4 is 0 Å². The lowest BCUT2D eigenvalue weighted by molar-refractivity contribution is -0.161. The predicted molar refractivity (Wildman–Crippen MR) is 75.6 cm³/mol. The highest BCUT2D eigenvalue weighted by Crippen LogP contribution is 2.29. The first kappa shape index (κ1) is 15.7. The molecule has 2 aliphatic rings. The van der Waals surface area contributed by atoms with E-state index in [0.29, 0.717) is 32.5 Å². The number of rotatable bonds is 4. The molecule has 0 aromatic rings. The highest BCUT2D eigenvalue weighted by molar-refractivity contribution is 7.88. The summed E-state index contributed by atoms with van der Waals surface area (Å²) in [5.41, 5.74) is -0.769. The first-order chi connectivity index (χ1) is 9.27. The molecule has 20 heavy (non-hydrogen) atoms. The Morgan fingerprint density at radius 1 is 1.35 bits per heavy atom. The van der Waals surface area contributed by atoms with Crippen molar-refractivity contribution in [3.8, 4) is 0 Å². The molecule has 2 aliphatic heterocycles. The van der Waals surface area contributed by atoms with Crippen LogP contribution in [-0.4, -0.2) is 66.2 Å². The van der Waals surface area contributed by atoms with E-state index in [4.69, 9.17) is 0 Å². The first-order valence-corrected chi connectivity index (χ1v) is 9.10. The van der Waals surface area contributed by atoms with Crippen molar-refractivity contribution in [1.82, 2.24) is 9.21 Å². The van der Waals surface area contributed by atoms with Crippen molar-refractivity contribution in [2.75, 3.05) is 25.9 Å².